The smallest absolute Gasteiger partial charge is 0.229 e. The SMILES string of the molecule is C[C@@H]1C[C@H](N)CN(c2ccncc2Nc2ncc3ccc(-c4c(F)cc(OCCO)cc4F)nn23)C1. The summed E-state index contributed by atoms with van der Waals surface area (Å²) in [6.07, 6.45) is 6.02. The lowest BCUT2D eigenvalue weighted by Crippen LogP contribution is -2.46. The fraction of sp³-hybridized carbons (Fsp3) is 0.320. The molecule has 0 spiro atoms. The number of aliphatic hydroxyl groups is 1. The van der Waals surface area contributed by atoms with Crippen molar-refractivity contribution in [2.75, 3.05) is 36.5 Å². The zero-order chi connectivity index (χ0) is 25.2. The standard InChI is InChI=1S/C25H27F2N7O2/c1-15-8-16(28)14-33(13-15)23-4-5-29-12-22(23)31-25-30-11-17-2-3-21(32-34(17)25)24-19(26)9-18(10-20(24)27)36-7-6-35/h2-5,9-12,15-16,35H,6-8,13-14,28H2,1H3,(H,30,31)/t15-,16+/m1/s1. The Morgan fingerprint density at radius 2 is 1.97 bits per heavy atom. The molecule has 0 aliphatic carbocycles. The topological polar surface area (TPSA) is 114 Å². The number of piperidine rings is 1. The maximum atomic E-state index is 14.8. The van der Waals surface area contributed by atoms with Crippen molar-refractivity contribution in [2.45, 2.75) is 19.4 Å². The number of pyridine rings is 1. The van der Waals surface area contributed by atoms with E-state index in [2.05, 4.69) is 32.2 Å². The highest BCUT2D eigenvalue weighted by molar-refractivity contribution is 5.74. The number of anilines is 3. The molecule has 188 valence electrons. The summed E-state index contributed by atoms with van der Waals surface area (Å²) in [7, 11) is 0. The molecule has 9 nitrogen and oxygen atoms in total. The number of nitrogens with zero attached hydrogens (tertiary/aromatic N) is 5. The second-order valence-corrected chi connectivity index (χ2v) is 8.99. The minimum absolute atomic E-state index is 0.00952. The van der Waals surface area contributed by atoms with Gasteiger partial charge in [-0.15, -0.1) is 0 Å². The molecule has 1 aromatic carbocycles. The second kappa shape index (κ2) is 10.0. The molecule has 1 aliphatic heterocycles. The second-order valence-electron chi connectivity index (χ2n) is 8.99. The molecule has 5 rings (SSSR count). The molecule has 3 aromatic heterocycles. The van der Waals surface area contributed by atoms with Crippen LogP contribution in [0.2, 0.25) is 0 Å². The maximum absolute atomic E-state index is 14.8. The van der Waals surface area contributed by atoms with Gasteiger partial charge in [0.05, 0.1) is 47.1 Å². The third kappa shape index (κ3) is 4.79. The number of fused-ring (bicyclic) bond motifs is 1. The molecule has 4 N–H and O–H groups in total. The molecule has 1 saturated heterocycles. The van der Waals surface area contributed by atoms with Gasteiger partial charge in [-0.3, -0.25) is 4.98 Å². The van der Waals surface area contributed by atoms with E-state index in [1.807, 2.05) is 6.07 Å². The molecule has 4 aromatic rings. The summed E-state index contributed by atoms with van der Waals surface area (Å²) in [5.74, 6) is -0.829. The van der Waals surface area contributed by atoms with Crippen LogP contribution >= 0.6 is 0 Å². The maximum Gasteiger partial charge on any atom is 0.229 e. The molecule has 0 unspecified atom stereocenters. The monoisotopic (exact) mass is 495 g/mol. The third-order valence-corrected chi connectivity index (χ3v) is 6.09. The summed E-state index contributed by atoms with van der Waals surface area (Å²) in [4.78, 5) is 10.9. The van der Waals surface area contributed by atoms with Crippen LogP contribution in [0.1, 0.15) is 13.3 Å². The highest BCUT2D eigenvalue weighted by Gasteiger charge is 2.24. The van der Waals surface area contributed by atoms with Gasteiger partial charge in [0.1, 0.15) is 24.0 Å². The van der Waals surface area contributed by atoms with Crippen LogP contribution in [0.15, 0.2) is 48.9 Å². The summed E-state index contributed by atoms with van der Waals surface area (Å²) in [6, 6.07) is 7.36. The van der Waals surface area contributed by atoms with Crippen LogP contribution in [-0.2, 0) is 0 Å². The van der Waals surface area contributed by atoms with E-state index in [1.54, 1.807) is 24.7 Å². The van der Waals surface area contributed by atoms with E-state index in [-0.39, 0.29) is 36.3 Å². The number of halogens is 2. The minimum atomic E-state index is -0.825. The molecular weight excluding hydrogens is 468 g/mol. The number of rotatable bonds is 7. The lowest BCUT2D eigenvalue weighted by molar-refractivity contribution is 0.200. The van der Waals surface area contributed by atoms with Crippen LogP contribution in [0.4, 0.5) is 26.1 Å². The van der Waals surface area contributed by atoms with Gasteiger partial charge in [-0.05, 0) is 30.5 Å². The molecular formula is C25H27F2N7O2. The Morgan fingerprint density at radius 1 is 1.17 bits per heavy atom. The first kappa shape index (κ1) is 23.9. The largest absolute Gasteiger partial charge is 0.491 e. The molecule has 11 heteroatoms. The van der Waals surface area contributed by atoms with Gasteiger partial charge in [-0.1, -0.05) is 6.92 Å². The van der Waals surface area contributed by atoms with Gasteiger partial charge in [0.15, 0.2) is 0 Å². The summed E-state index contributed by atoms with van der Waals surface area (Å²) < 4.78 is 36.3. The van der Waals surface area contributed by atoms with Crippen LogP contribution in [0.3, 0.4) is 0 Å². The number of aliphatic hydroxyl groups excluding tert-OH is 1. The number of ether oxygens (including phenoxy) is 1. The van der Waals surface area contributed by atoms with Crippen LogP contribution in [0, 0.1) is 17.6 Å². The van der Waals surface area contributed by atoms with Crippen LogP contribution in [0.25, 0.3) is 16.8 Å². The van der Waals surface area contributed by atoms with Crippen molar-refractivity contribution in [3.63, 3.8) is 0 Å². The van der Waals surface area contributed by atoms with Gasteiger partial charge in [-0.25, -0.2) is 13.8 Å². The fourth-order valence-electron chi connectivity index (χ4n) is 4.62. The van der Waals surface area contributed by atoms with Crippen LogP contribution in [0.5, 0.6) is 5.75 Å². The minimum Gasteiger partial charge on any atom is -0.491 e. The normalized spacial score (nSPS) is 18.0. The highest BCUT2D eigenvalue weighted by Crippen LogP contribution is 2.32. The van der Waals surface area contributed by atoms with E-state index in [9.17, 15) is 8.78 Å². The van der Waals surface area contributed by atoms with E-state index in [0.717, 1.165) is 43.0 Å². The van der Waals surface area contributed by atoms with E-state index < -0.39 is 11.6 Å². The zero-order valence-electron chi connectivity index (χ0n) is 19.7. The van der Waals surface area contributed by atoms with Crippen molar-refractivity contribution in [1.29, 1.82) is 0 Å². The predicted molar refractivity (Wildman–Crippen MR) is 132 cm³/mol. The first-order valence-corrected chi connectivity index (χ1v) is 11.7. The molecule has 36 heavy (non-hydrogen) atoms. The number of benzene rings is 1. The molecule has 2 atom stereocenters. The summed E-state index contributed by atoms with van der Waals surface area (Å²) in [5, 5.41) is 16.6. The number of aromatic nitrogens is 4. The Labute approximate surface area is 206 Å². The van der Waals surface area contributed by atoms with Gasteiger partial charge >= 0.3 is 0 Å². The molecule has 0 bridgehead atoms. The molecule has 4 heterocycles. The van der Waals surface area contributed by atoms with E-state index in [1.165, 1.54) is 10.6 Å². The lowest BCUT2D eigenvalue weighted by Gasteiger charge is -2.37. The number of nitrogens with one attached hydrogen (secondary N) is 1. The molecule has 1 fully saturated rings. The zero-order valence-corrected chi connectivity index (χ0v) is 19.7. The quantitative estimate of drug-likeness (QED) is 0.358. The number of hydrogen-bond donors (Lipinski definition) is 3. The Kier molecular flexibility index (Phi) is 6.66. The molecule has 0 radical (unpaired) electrons. The van der Waals surface area contributed by atoms with E-state index in [4.69, 9.17) is 15.6 Å². The van der Waals surface area contributed by atoms with E-state index >= 15 is 0 Å². The van der Waals surface area contributed by atoms with Gasteiger partial charge in [0.2, 0.25) is 5.95 Å². The number of hydrogen-bond acceptors (Lipinski definition) is 8. The van der Waals surface area contributed by atoms with Crippen molar-refractivity contribution < 1.29 is 18.6 Å². The molecule has 0 amide bonds. The van der Waals surface area contributed by atoms with Crippen LogP contribution in [-0.4, -0.2) is 57.0 Å². The van der Waals surface area contributed by atoms with Gasteiger partial charge in [0.25, 0.3) is 0 Å². The van der Waals surface area contributed by atoms with Crippen molar-refractivity contribution >= 4 is 22.8 Å². The third-order valence-electron chi connectivity index (χ3n) is 6.09. The van der Waals surface area contributed by atoms with Crippen LogP contribution < -0.4 is 20.7 Å². The first-order valence-electron chi connectivity index (χ1n) is 11.7. The Balaban J connectivity index is 1.48. The molecule has 1 aliphatic rings. The summed E-state index contributed by atoms with van der Waals surface area (Å²) >= 11 is 0. The Hall–Kier alpha value is -3.83. The average Bonchev–Trinajstić information content (AvgIpc) is 3.24. The average molecular weight is 496 g/mol. The van der Waals surface area contributed by atoms with Crippen molar-refractivity contribution in [3.8, 4) is 17.0 Å². The van der Waals surface area contributed by atoms with Crippen molar-refractivity contribution in [1.82, 2.24) is 19.6 Å². The number of nitrogens with two attached hydrogens (primary N) is 1. The lowest BCUT2D eigenvalue weighted by atomic mass is 9.96. The van der Waals surface area contributed by atoms with Gasteiger partial charge in [0, 0.05) is 37.5 Å². The fourth-order valence-corrected chi connectivity index (χ4v) is 4.62. The first-order chi connectivity index (χ1) is 17.4. The summed E-state index contributed by atoms with van der Waals surface area (Å²) in [6.45, 7) is 3.45. The van der Waals surface area contributed by atoms with Gasteiger partial charge in [-0.2, -0.15) is 9.61 Å². The van der Waals surface area contributed by atoms with E-state index in [0.29, 0.717) is 17.4 Å². The predicted octanol–water partition coefficient (Wildman–Crippen LogP) is 3.36. The Morgan fingerprint density at radius 3 is 2.72 bits per heavy atom. The number of imidazole rings is 1. The Bertz CT molecular complexity index is 1350. The van der Waals surface area contributed by atoms with Gasteiger partial charge < -0.3 is 25.8 Å². The molecule has 0 saturated carbocycles. The summed E-state index contributed by atoms with van der Waals surface area (Å²) in [5.41, 5.74) is 8.37. The van der Waals surface area contributed by atoms with Crippen molar-refractivity contribution in [2.24, 2.45) is 11.7 Å². The van der Waals surface area contributed by atoms with Crippen molar-refractivity contribution in [3.05, 3.63) is 60.6 Å². The highest BCUT2D eigenvalue weighted by atomic mass is 19.1.